The number of hydrogen-bond acceptors (Lipinski definition) is 6. The number of nitrogens with two attached hydrogens (primary N) is 1. The van der Waals surface area contributed by atoms with Crippen LogP contribution in [-0.2, 0) is 11.3 Å². The van der Waals surface area contributed by atoms with Crippen LogP contribution in [0.1, 0.15) is 26.3 Å². The second-order valence-corrected chi connectivity index (χ2v) is 6.73. The van der Waals surface area contributed by atoms with Crippen molar-refractivity contribution in [2.45, 2.75) is 32.9 Å². The highest BCUT2D eigenvalue weighted by molar-refractivity contribution is 5.83. The summed E-state index contributed by atoms with van der Waals surface area (Å²) < 4.78 is 6.54. The topological polar surface area (TPSA) is 116 Å². The molecule has 0 aliphatic carbocycles. The minimum Gasteiger partial charge on any atom is -0.444 e. The first-order chi connectivity index (χ1) is 11.7. The van der Waals surface area contributed by atoms with Crippen molar-refractivity contribution in [3.63, 3.8) is 0 Å². The number of nitrogens with zero attached hydrogens (tertiary/aromatic N) is 2. The third kappa shape index (κ3) is 3.10. The quantitative estimate of drug-likeness (QED) is 0.692. The predicted octanol–water partition coefficient (Wildman–Crippen LogP) is 1.23. The molecule has 2 aromatic carbocycles. The van der Waals surface area contributed by atoms with Crippen molar-refractivity contribution in [1.82, 2.24) is 15.1 Å². The molecule has 8 heteroatoms. The number of alkyl carbamates (subject to hydrolysis) is 1. The number of ether oxygens (including phenoxy) is 1. The van der Waals surface area contributed by atoms with E-state index in [2.05, 4.69) is 10.4 Å². The monoisotopic (exact) mass is 342 g/mol. The Hall–Kier alpha value is -3.16. The van der Waals surface area contributed by atoms with E-state index in [0.717, 1.165) is 10.9 Å². The Morgan fingerprint density at radius 1 is 1.28 bits per heavy atom. The molecule has 0 bridgehead atoms. The lowest BCUT2D eigenvalue weighted by Gasteiger charge is -2.19. The molecule has 0 saturated carbocycles. The van der Waals surface area contributed by atoms with Gasteiger partial charge in [-0.25, -0.2) is 9.48 Å². The minimum absolute atomic E-state index is 0.0808. The van der Waals surface area contributed by atoms with Gasteiger partial charge in [0.05, 0.1) is 11.7 Å². The molecule has 3 aromatic rings. The van der Waals surface area contributed by atoms with Crippen LogP contribution in [-0.4, -0.2) is 21.5 Å². The van der Waals surface area contributed by atoms with E-state index in [9.17, 15) is 14.4 Å². The van der Waals surface area contributed by atoms with Gasteiger partial charge in [0, 0.05) is 11.9 Å². The standard InChI is InChI=1S/C17H18N4O4/c1-17(2,3)25-16(24)19-7-9-4-5-10-8-20-21(11(10)6-9)13-12(18)14(22)15(13)23/h4-6,8H,7,18H2,1-3H3,(H,19,24). The van der Waals surface area contributed by atoms with Crippen molar-refractivity contribution >= 4 is 22.7 Å². The maximum Gasteiger partial charge on any atom is 0.407 e. The Bertz CT molecular complexity index is 1040. The van der Waals surface area contributed by atoms with Gasteiger partial charge >= 0.3 is 6.09 Å². The van der Waals surface area contributed by atoms with Crippen LogP contribution < -0.4 is 21.9 Å². The highest BCUT2D eigenvalue weighted by atomic mass is 16.6. The lowest BCUT2D eigenvalue weighted by Crippen LogP contribution is -2.38. The SMILES string of the molecule is CC(C)(C)OC(=O)NCc1ccc2cnn(-c3c(N)c(=O)c3=O)c2c1. The zero-order valence-electron chi connectivity index (χ0n) is 14.1. The molecule has 0 aliphatic heterocycles. The largest absolute Gasteiger partial charge is 0.444 e. The van der Waals surface area contributed by atoms with E-state index >= 15 is 0 Å². The number of amides is 1. The van der Waals surface area contributed by atoms with Gasteiger partial charge in [0.1, 0.15) is 17.0 Å². The van der Waals surface area contributed by atoms with Crippen molar-refractivity contribution in [2.24, 2.45) is 0 Å². The van der Waals surface area contributed by atoms with E-state index in [1.807, 2.05) is 12.1 Å². The smallest absolute Gasteiger partial charge is 0.407 e. The summed E-state index contributed by atoms with van der Waals surface area (Å²) in [6.07, 6.45) is 1.06. The van der Waals surface area contributed by atoms with E-state index in [-0.39, 0.29) is 17.9 Å². The molecule has 0 unspecified atom stereocenters. The summed E-state index contributed by atoms with van der Waals surface area (Å²) in [6, 6.07) is 5.42. The molecule has 3 N–H and O–H groups in total. The van der Waals surface area contributed by atoms with E-state index in [1.54, 1.807) is 33.0 Å². The average Bonchev–Trinajstić information content (AvgIpc) is 2.94. The van der Waals surface area contributed by atoms with Crippen LogP contribution in [0, 0.1) is 0 Å². The number of benzene rings is 1. The summed E-state index contributed by atoms with van der Waals surface area (Å²) in [5.41, 5.74) is 5.09. The highest BCUT2D eigenvalue weighted by Gasteiger charge is 2.22. The fraction of sp³-hybridized carbons (Fsp3) is 0.294. The molecule has 1 aromatic heterocycles. The summed E-state index contributed by atoms with van der Waals surface area (Å²) in [6.45, 7) is 5.60. The normalized spacial score (nSPS) is 11.8. The lowest BCUT2D eigenvalue weighted by atomic mass is 10.1. The van der Waals surface area contributed by atoms with E-state index < -0.39 is 22.6 Å². The number of fused-ring (bicyclic) bond motifs is 1. The fourth-order valence-electron chi connectivity index (χ4n) is 2.45. The van der Waals surface area contributed by atoms with Gasteiger partial charge in [-0.05, 0) is 32.4 Å². The summed E-state index contributed by atoms with van der Waals surface area (Å²) >= 11 is 0. The Balaban J connectivity index is 1.85. The van der Waals surface area contributed by atoms with E-state index in [4.69, 9.17) is 10.5 Å². The van der Waals surface area contributed by atoms with Crippen LogP contribution in [0.4, 0.5) is 10.5 Å². The van der Waals surface area contributed by atoms with Gasteiger partial charge in [-0.15, -0.1) is 0 Å². The molecule has 0 spiro atoms. The third-order valence-electron chi connectivity index (χ3n) is 3.60. The maximum absolute atomic E-state index is 11.7. The number of carbonyl (C=O) groups excluding carboxylic acids is 1. The fourth-order valence-corrected chi connectivity index (χ4v) is 2.45. The predicted molar refractivity (Wildman–Crippen MR) is 93.5 cm³/mol. The first-order valence-electron chi connectivity index (χ1n) is 7.70. The average molecular weight is 342 g/mol. The van der Waals surface area contributed by atoms with Gasteiger partial charge in [0.2, 0.25) is 0 Å². The second-order valence-electron chi connectivity index (χ2n) is 6.73. The first-order valence-corrected chi connectivity index (χ1v) is 7.70. The molecule has 0 saturated heterocycles. The van der Waals surface area contributed by atoms with Crippen LogP contribution >= 0.6 is 0 Å². The second kappa shape index (κ2) is 5.73. The molecule has 1 amide bonds. The summed E-state index contributed by atoms with van der Waals surface area (Å²) in [5, 5.41) is 7.58. The molecule has 3 rings (SSSR count). The molecule has 0 aliphatic rings. The maximum atomic E-state index is 11.7. The van der Waals surface area contributed by atoms with Gasteiger partial charge in [-0.2, -0.15) is 5.10 Å². The van der Waals surface area contributed by atoms with Crippen LogP contribution in [0.15, 0.2) is 34.0 Å². The Morgan fingerprint density at radius 2 is 2.00 bits per heavy atom. The number of carbonyl (C=O) groups is 1. The number of aromatic nitrogens is 2. The van der Waals surface area contributed by atoms with Crippen molar-refractivity contribution in [1.29, 1.82) is 0 Å². The lowest BCUT2D eigenvalue weighted by molar-refractivity contribution is 0.0523. The molecule has 0 fully saturated rings. The van der Waals surface area contributed by atoms with Gasteiger partial charge in [0.15, 0.2) is 0 Å². The Kier molecular flexibility index (Phi) is 3.82. The number of nitrogen functional groups attached to an aromatic ring is 1. The molecule has 0 radical (unpaired) electrons. The number of nitrogens with one attached hydrogen (secondary N) is 1. The Morgan fingerprint density at radius 3 is 2.64 bits per heavy atom. The molecular weight excluding hydrogens is 324 g/mol. The molecule has 1 heterocycles. The number of anilines is 1. The van der Waals surface area contributed by atoms with Crippen LogP contribution in [0.2, 0.25) is 0 Å². The Labute approximate surface area is 142 Å². The van der Waals surface area contributed by atoms with Crippen molar-refractivity contribution in [3.8, 4) is 5.69 Å². The highest BCUT2D eigenvalue weighted by Crippen LogP contribution is 2.21. The zero-order valence-corrected chi connectivity index (χ0v) is 14.1. The summed E-state index contributed by atoms with van der Waals surface area (Å²) in [7, 11) is 0. The molecule has 0 atom stereocenters. The van der Waals surface area contributed by atoms with Crippen molar-refractivity contribution in [3.05, 3.63) is 50.4 Å². The summed E-state index contributed by atoms with van der Waals surface area (Å²) in [5.74, 6) is 0. The first kappa shape index (κ1) is 16.7. The zero-order chi connectivity index (χ0) is 18.4. The number of hydrogen-bond donors (Lipinski definition) is 2. The van der Waals surface area contributed by atoms with Crippen LogP contribution in [0.25, 0.3) is 16.6 Å². The third-order valence-corrected chi connectivity index (χ3v) is 3.60. The molecular formula is C17H18N4O4. The van der Waals surface area contributed by atoms with Gasteiger partial charge < -0.3 is 15.8 Å². The van der Waals surface area contributed by atoms with Crippen molar-refractivity contribution < 1.29 is 9.53 Å². The van der Waals surface area contributed by atoms with Crippen LogP contribution in [0.5, 0.6) is 0 Å². The van der Waals surface area contributed by atoms with Crippen molar-refractivity contribution in [2.75, 3.05) is 5.73 Å². The van der Waals surface area contributed by atoms with Gasteiger partial charge in [0.25, 0.3) is 10.9 Å². The van der Waals surface area contributed by atoms with Gasteiger partial charge in [-0.1, -0.05) is 12.1 Å². The molecule has 8 nitrogen and oxygen atoms in total. The number of rotatable bonds is 3. The van der Waals surface area contributed by atoms with E-state index in [1.165, 1.54) is 4.68 Å². The summed E-state index contributed by atoms with van der Waals surface area (Å²) in [4.78, 5) is 34.8. The molecule has 25 heavy (non-hydrogen) atoms. The van der Waals surface area contributed by atoms with Gasteiger partial charge in [-0.3, -0.25) is 9.59 Å². The minimum atomic E-state index is -0.693. The molecule has 130 valence electrons. The van der Waals surface area contributed by atoms with Crippen LogP contribution in [0.3, 0.4) is 0 Å². The van der Waals surface area contributed by atoms with E-state index in [0.29, 0.717) is 5.52 Å².